The molecule has 0 aliphatic rings. The van der Waals surface area contributed by atoms with E-state index < -0.39 is 5.82 Å². The molecule has 0 bridgehead atoms. The topological polar surface area (TPSA) is 26.3 Å². The van der Waals surface area contributed by atoms with Gasteiger partial charge in [-0.1, -0.05) is 23.2 Å². The molecule has 0 aromatic heterocycles. The molecule has 2 nitrogen and oxygen atoms in total. The highest BCUT2D eigenvalue weighted by Gasteiger charge is 2.16. The van der Waals surface area contributed by atoms with Crippen molar-refractivity contribution in [1.29, 1.82) is 0 Å². The van der Waals surface area contributed by atoms with Gasteiger partial charge in [-0.25, -0.2) is 4.39 Å². The highest BCUT2D eigenvalue weighted by atomic mass is 35.5. The first-order valence-electron chi connectivity index (χ1n) is 3.87. The number of hydrogen-bond acceptors (Lipinski definition) is 2. The first-order chi connectivity index (χ1) is 6.61. The highest BCUT2D eigenvalue weighted by molar-refractivity contribution is 6.36. The number of aldehydes is 1. The lowest BCUT2D eigenvalue weighted by atomic mass is 10.2. The van der Waals surface area contributed by atoms with Gasteiger partial charge in [0, 0.05) is 0 Å². The van der Waals surface area contributed by atoms with Crippen molar-refractivity contribution in [2.45, 2.75) is 6.92 Å². The highest BCUT2D eigenvalue weighted by Crippen LogP contribution is 2.34. The number of benzene rings is 1. The molecule has 1 aromatic rings. The van der Waals surface area contributed by atoms with Crippen LogP contribution in [0.1, 0.15) is 17.3 Å². The van der Waals surface area contributed by atoms with Crippen molar-refractivity contribution in [1.82, 2.24) is 0 Å². The van der Waals surface area contributed by atoms with Crippen molar-refractivity contribution in [2.24, 2.45) is 0 Å². The summed E-state index contributed by atoms with van der Waals surface area (Å²) in [6.07, 6.45) is 0.419. The summed E-state index contributed by atoms with van der Waals surface area (Å²) in [5, 5.41) is -0.233. The quantitative estimate of drug-likeness (QED) is 0.595. The molecule has 0 fully saturated rings. The SMILES string of the molecule is CCOc1c(Cl)cc(F)c(Cl)c1C=O. The lowest BCUT2D eigenvalue weighted by molar-refractivity contribution is 0.111. The third-order valence-corrected chi connectivity index (χ3v) is 2.23. The van der Waals surface area contributed by atoms with E-state index in [1.807, 2.05) is 0 Å². The molecule has 0 saturated heterocycles. The van der Waals surface area contributed by atoms with Crippen LogP contribution in [0.2, 0.25) is 10.0 Å². The predicted octanol–water partition coefficient (Wildman–Crippen LogP) is 3.34. The van der Waals surface area contributed by atoms with Gasteiger partial charge in [0.15, 0.2) is 6.29 Å². The molecule has 0 heterocycles. The van der Waals surface area contributed by atoms with Gasteiger partial charge < -0.3 is 4.74 Å². The van der Waals surface area contributed by atoms with Crippen molar-refractivity contribution in [2.75, 3.05) is 6.61 Å². The first-order valence-corrected chi connectivity index (χ1v) is 4.62. The molecule has 0 saturated carbocycles. The van der Waals surface area contributed by atoms with E-state index in [1.54, 1.807) is 6.92 Å². The molecule has 1 rings (SSSR count). The molecule has 0 radical (unpaired) electrons. The van der Waals surface area contributed by atoms with Gasteiger partial charge in [0.25, 0.3) is 0 Å². The van der Waals surface area contributed by atoms with Crippen LogP contribution in [0.4, 0.5) is 4.39 Å². The Morgan fingerprint density at radius 2 is 2.21 bits per heavy atom. The van der Waals surface area contributed by atoms with Gasteiger partial charge in [0.2, 0.25) is 0 Å². The minimum Gasteiger partial charge on any atom is -0.492 e. The molecular formula is C9H7Cl2FO2. The van der Waals surface area contributed by atoms with E-state index in [0.29, 0.717) is 12.9 Å². The average molecular weight is 237 g/mol. The van der Waals surface area contributed by atoms with E-state index in [0.717, 1.165) is 6.07 Å². The van der Waals surface area contributed by atoms with Crippen LogP contribution < -0.4 is 4.74 Å². The monoisotopic (exact) mass is 236 g/mol. The molecular weight excluding hydrogens is 230 g/mol. The van der Waals surface area contributed by atoms with Crippen LogP contribution in [0.25, 0.3) is 0 Å². The molecule has 0 aliphatic carbocycles. The third-order valence-electron chi connectivity index (χ3n) is 1.57. The number of carbonyl (C=O) groups is 1. The van der Waals surface area contributed by atoms with Crippen LogP contribution in [-0.2, 0) is 0 Å². The van der Waals surface area contributed by atoms with E-state index >= 15 is 0 Å². The van der Waals surface area contributed by atoms with Gasteiger partial charge in [-0.05, 0) is 13.0 Å². The summed E-state index contributed by atoms with van der Waals surface area (Å²) < 4.78 is 18.1. The zero-order valence-corrected chi connectivity index (χ0v) is 8.82. The van der Waals surface area contributed by atoms with Crippen LogP contribution in [0.15, 0.2) is 6.07 Å². The number of carbonyl (C=O) groups excluding carboxylic acids is 1. The van der Waals surface area contributed by atoms with Gasteiger partial charge in [-0.2, -0.15) is 0 Å². The maximum absolute atomic E-state index is 13.0. The van der Waals surface area contributed by atoms with Gasteiger partial charge in [-0.15, -0.1) is 0 Å². The largest absolute Gasteiger partial charge is 0.492 e. The summed E-state index contributed by atoms with van der Waals surface area (Å²) in [4.78, 5) is 10.6. The lowest BCUT2D eigenvalue weighted by Crippen LogP contribution is -1.99. The Morgan fingerprint density at radius 3 is 2.71 bits per heavy atom. The molecule has 0 unspecified atom stereocenters. The van der Waals surface area contributed by atoms with Crippen LogP contribution in [0, 0.1) is 5.82 Å². The van der Waals surface area contributed by atoms with Gasteiger partial charge in [0.1, 0.15) is 11.6 Å². The van der Waals surface area contributed by atoms with E-state index in [-0.39, 0.29) is 21.4 Å². The average Bonchev–Trinajstić information content (AvgIpc) is 2.15. The standard InChI is InChI=1S/C9H7Cl2FO2/c1-2-14-9-5(4-13)8(11)7(12)3-6(9)10/h3-4H,2H2,1H3. The Labute approximate surface area is 90.6 Å². The molecule has 1 aromatic carbocycles. The van der Waals surface area contributed by atoms with Crippen molar-refractivity contribution in [3.8, 4) is 5.75 Å². The van der Waals surface area contributed by atoms with Crippen molar-refractivity contribution in [3.63, 3.8) is 0 Å². The molecule has 0 N–H and O–H groups in total. The number of halogens is 3. The van der Waals surface area contributed by atoms with E-state index in [2.05, 4.69) is 0 Å². The second kappa shape index (κ2) is 4.62. The summed E-state index contributed by atoms with van der Waals surface area (Å²) in [5.74, 6) is -0.613. The fourth-order valence-corrected chi connectivity index (χ4v) is 1.43. The maximum Gasteiger partial charge on any atom is 0.155 e. The predicted molar refractivity (Wildman–Crippen MR) is 53.0 cm³/mol. The minimum absolute atomic E-state index is 0.0378. The lowest BCUT2D eigenvalue weighted by Gasteiger charge is -2.09. The van der Waals surface area contributed by atoms with E-state index in [1.165, 1.54) is 0 Å². The maximum atomic E-state index is 13.0. The minimum atomic E-state index is -0.734. The zero-order valence-electron chi connectivity index (χ0n) is 7.31. The smallest absolute Gasteiger partial charge is 0.155 e. The van der Waals surface area contributed by atoms with Gasteiger partial charge >= 0.3 is 0 Å². The third kappa shape index (κ3) is 1.99. The molecule has 0 atom stereocenters. The molecule has 5 heteroatoms. The van der Waals surface area contributed by atoms with Crippen LogP contribution in [-0.4, -0.2) is 12.9 Å². The fourth-order valence-electron chi connectivity index (χ4n) is 0.993. The fraction of sp³-hybridized carbons (Fsp3) is 0.222. The summed E-state index contributed by atoms with van der Waals surface area (Å²) >= 11 is 11.2. The van der Waals surface area contributed by atoms with Crippen LogP contribution in [0.3, 0.4) is 0 Å². The zero-order chi connectivity index (χ0) is 10.7. The number of rotatable bonds is 3. The summed E-state index contributed by atoms with van der Waals surface area (Å²) in [6, 6.07) is 1.02. The second-order valence-electron chi connectivity index (χ2n) is 2.45. The van der Waals surface area contributed by atoms with Gasteiger partial charge in [0.05, 0.1) is 22.2 Å². The molecule has 76 valence electrons. The van der Waals surface area contributed by atoms with Crippen LogP contribution >= 0.6 is 23.2 Å². The van der Waals surface area contributed by atoms with E-state index in [9.17, 15) is 9.18 Å². The van der Waals surface area contributed by atoms with Crippen molar-refractivity contribution in [3.05, 3.63) is 27.5 Å². The molecule has 0 aliphatic heterocycles. The normalized spacial score (nSPS) is 10.0. The summed E-state index contributed by atoms with van der Waals surface area (Å²) in [5.41, 5.74) is -0.0569. The summed E-state index contributed by atoms with van der Waals surface area (Å²) in [6.45, 7) is 2.05. The second-order valence-corrected chi connectivity index (χ2v) is 3.23. The Bertz CT molecular complexity index is 366. The molecule has 14 heavy (non-hydrogen) atoms. The van der Waals surface area contributed by atoms with Crippen molar-refractivity contribution < 1.29 is 13.9 Å². The van der Waals surface area contributed by atoms with Gasteiger partial charge in [-0.3, -0.25) is 4.79 Å². The number of ether oxygens (including phenoxy) is 1. The Kier molecular flexibility index (Phi) is 3.72. The Hall–Kier alpha value is -0.800. The Balaban J connectivity index is 3.38. The first kappa shape index (κ1) is 11.3. The molecule has 0 spiro atoms. The Morgan fingerprint density at radius 1 is 1.57 bits per heavy atom. The van der Waals surface area contributed by atoms with E-state index in [4.69, 9.17) is 27.9 Å². The molecule has 0 amide bonds. The summed E-state index contributed by atoms with van der Waals surface area (Å²) in [7, 11) is 0. The van der Waals surface area contributed by atoms with Crippen LogP contribution in [0.5, 0.6) is 5.75 Å². The van der Waals surface area contributed by atoms with Crippen molar-refractivity contribution >= 4 is 29.5 Å². The number of hydrogen-bond donors (Lipinski definition) is 0.